The molecule has 4 rings (SSSR count). The van der Waals surface area contributed by atoms with E-state index in [2.05, 4.69) is 4.90 Å². The van der Waals surface area contributed by atoms with Crippen molar-refractivity contribution in [3.05, 3.63) is 46.5 Å². The van der Waals surface area contributed by atoms with Crippen LogP contribution in [0.4, 0.5) is 0 Å². The van der Waals surface area contributed by atoms with Crippen LogP contribution in [0.5, 0.6) is 5.75 Å². The molecule has 0 amide bonds. The molecule has 8 heteroatoms. The summed E-state index contributed by atoms with van der Waals surface area (Å²) >= 11 is 7.43. The highest BCUT2D eigenvalue weighted by Gasteiger charge is 2.22. The zero-order valence-corrected chi connectivity index (χ0v) is 16.7. The smallest absolute Gasteiger partial charge is 0.204 e. The summed E-state index contributed by atoms with van der Waals surface area (Å²) in [7, 11) is 1.66. The van der Waals surface area contributed by atoms with Gasteiger partial charge in [0.1, 0.15) is 5.75 Å². The molecule has 27 heavy (non-hydrogen) atoms. The van der Waals surface area contributed by atoms with Crippen LogP contribution in [0.3, 0.4) is 0 Å². The molecule has 1 atom stereocenters. The molecular formula is C19H22N4O2S2. The van der Waals surface area contributed by atoms with Gasteiger partial charge in [0.15, 0.2) is 5.82 Å². The van der Waals surface area contributed by atoms with Crippen LogP contribution in [-0.4, -0.2) is 50.7 Å². The quantitative estimate of drug-likeness (QED) is 0.662. The Hall–Kier alpha value is -2.00. The Morgan fingerprint density at radius 2 is 2.15 bits per heavy atom. The fourth-order valence-electron chi connectivity index (χ4n) is 3.45. The van der Waals surface area contributed by atoms with Gasteiger partial charge in [0.25, 0.3) is 0 Å². The van der Waals surface area contributed by atoms with Gasteiger partial charge in [-0.05, 0) is 48.6 Å². The van der Waals surface area contributed by atoms with E-state index in [9.17, 15) is 5.11 Å². The zero-order chi connectivity index (χ0) is 18.8. The highest BCUT2D eigenvalue weighted by atomic mass is 32.1. The summed E-state index contributed by atoms with van der Waals surface area (Å²) < 4.78 is 9.98. The number of piperidine rings is 1. The number of ether oxygens (including phenoxy) is 1. The van der Waals surface area contributed by atoms with Crippen molar-refractivity contribution in [1.82, 2.24) is 19.2 Å². The van der Waals surface area contributed by atoms with Crippen LogP contribution < -0.4 is 4.74 Å². The Bertz CT molecular complexity index is 965. The first kappa shape index (κ1) is 18.4. The molecule has 0 saturated carbocycles. The maximum atomic E-state index is 9.97. The SMILES string of the molecule is COc1ccccc1-n1c(-c2cccs2)nn(CN2CCC[C@@H](O)C2)c1=S. The Kier molecular flexibility index (Phi) is 5.40. The predicted octanol–water partition coefficient (Wildman–Crippen LogP) is 3.55. The second-order valence-corrected chi connectivity index (χ2v) is 7.92. The van der Waals surface area contributed by atoms with E-state index in [0.29, 0.717) is 18.0 Å². The Balaban J connectivity index is 1.80. The fourth-order valence-corrected chi connectivity index (χ4v) is 4.43. The lowest BCUT2D eigenvalue weighted by Gasteiger charge is -2.29. The largest absolute Gasteiger partial charge is 0.495 e. The van der Waals surface area contributed by atoms with E-state index < -0.39 is 0 Å². The number of thiophene rings is 1. The molecule has 0 radical (unpaired) electrons. The van der Waals surface area contributed by atoms with Gasteiger partial charge < -0.3 is 9.84 Å². The Morgan fingerprint density at radius 1 is 1.30 bits per heavy atom. The van der Waals surface area contributed by atoms with Crippen molar-refractivity contribution in [2.24, 2.45) is 0 Å². The van der Waals surface area contributed by atoms with Gasteiger partial charge in [-0.1, -0.05) is 18.2 Å². The lowest BCUT2D eigenvalue weighted by Crippen LogP contribution is -2.39. The number of para-hydroxylation sites is 2. The van der Waals surface area contributed by atoms with E-state index in [4.69, 9.17) is 22.1 Å². The van der Waals surface area contributed by atoms with Crippen LogP contribution >= 0.6 is 23.6 Å². The van der Waals surface area contributed by atoms with Crippen LogP contribution in [0.25, 0.3) is 16.4 Å². The van der Waals surface area contributed by atoms with Crippen molar-refractivity contribution >= 4 is 23.6 Å². The third-order valence-electron chi connectivity index (χ3n) is 4.72. The zero-order valence-electron chi connectivity index (χ0n) is 15.1. The van der Waals surface area contributed by atoms with Gasteiger partial charge in [-0.15, -0.1) is 16.4 Å². The molecule has 2 aromatic heterocycles. The van der Waals surface area contributed by atoms with Crippen LogP contribution in [0.2, 0.25) is 0 Å². The summed E-state index contributed by atoms with van der Waals surface area (Å²) in [6, 6.07) is 11.9. The lowest BCUT2D eigenvalue weighted by atomic mass is 10.1. The summed E-state index contributed by atoms with van der Waals surface area (Å²) in [5.41, 5.74) is 0.873. The summed E-state index contributed by atoms with van der Waals surface area (Å²) in [5, 5.41) is 16.8. The molecule has 0 spiro atoms. The normalized spacial score (nSPS) is 17.9. The second-order valence-electron chi connectivity index (χ2n) is 6.60. The number of aliphatic hydroxyl groups excluding tert-OH is 1. The van der Waals surface area contributed by atoms with Crippen molar-refractivity contribution < 1.29 is 9.84 Å². The molecule has 1 N–H and O–H groups in total. The standard InChI is InChI=1S/C19H22N4O2S2/c1-25-16-8-3-2-7-15(16)23-18(17-9-5-11-27-17)20-22(19(23)26)13-21-10-4-6-14(24)12-21/h2-3,5,7-9,11,14,24H,4,6,10,12-13H2,1H3/t14-/m1/s1. The van der Waals surface area contributed by atoms with Crippen molar-refractivity contribution in [3.8, 4) is 22.1 Å². The molecule has 1 aliphatic heterocycles. The highest BCUT2D eigenvalue weighted by molar-refractivity contribution is 7.71. The molecule has 1 fully saturated rings. The molecule has 1 aliphatic rings. The van der Waals surface area contributed by atoms with Crippen molar-refractivity contribution in [3.63, 3.8) is 0 Å². The Labute approximate surface area is 167 Å². The molecule has 142 valence electrons. The average Bonchev–Trinajstić information content (AvgIpc) is 3.31. The molecule has 0 unspecified atom stereocenters. The average molecular weight is 403 g/mol. The third-order valence-corrected chi connectivity index (χ3v) is 5.98. The van der Waals surface area contributed by atoms with E-state index in [1.54, 1.807) is 18.4 Å². The number of likely N-dealkylation sites (tertiary alicyclic amines) is 1. The number of aromatic nitrogens is 3. The first-order chi connectivity index (χ1) is 13.2. The second kappa shape index (κ2) is 7.93. The molecule has 0 aliphatic carbocycles. The minimum atomic E-state index is -0.277. The van der Waals surface area contributed by atoms with E-state index in [1.165, 1.54) is 0 Å². The fraction of sp³-hybridized carbons (Fsp3) is 0.368. The monoisotopic (exact) mass is 402 g/mol. The lowest BCUT2D eigenvalue weighted by molar-refractivity contribution is 0.0513. The van der Waals surface area contributed by atoms with Crippen molar-refractivity contribution in [2.45, 2.75) is 25.6 Å². The molecule has 1 saturated heterocycles. The maximum Gasteiger partial charge on any atom is 0.204 e. The van der Waals surface area contributed by atoms with Gasteiger partial charge in [0.05, 0.1) is 30.4 Å². The van der Waals surface area contributed by atoms with Crippen molar-refractivity contribution in [1.29, 1.82) is 0 Å². The van der Waals surface area contributed by atoms with Crippen LogP contribution in [-0.2, 0) is 6.67 Å². The number of hydrogen-bond acceptors (Lipinski definition) is 6. The van der Waals surface area contributed by atoms with E-state index in [1.807, 2.05) is 51.0 Å². The molecular weight excluding hydrogens is 380 g/mol. The first-order valence-electron chi connectivity index (χ1n) is 8.95. The number of β-amino-alcohol motifs (C(OH)–C–C–N with tert-alkyl or cyclic N) is 1. The third kappa shape index (κ3) is 3.70. The number of aliphatic hydroxyl groups is 1. The van der Waals surface area contributed by atoms with Crippen molar-refractivity contribution in [2.75, 3.05) is 20.2 Å². The number of benzene rings is 1. The van der Waals surface area contributed by atoms with Crippen LogP contribution in [0.1, 0.15) is 12.8 Å². The minimum absolute atomic E-state index is 0.277. The number of rotatable bonds is 5. The predicted molar refractivity (Wildman–Crippen MR) is 109 cm³/mol. The van der Waals surface area contributed by atoms with Gasteiger partial charge in [0.2, 0.25) is 4.77 Å². The van der Waals surface area contributed by atoms with E-state index in [0.717, 1.165) is 41.5 Å². The summed E-state index contributed by atoms with van der Waals surface area (Å²) in [6.07, 6.45) is 1.57. The van der Waals surface area contributed by atoms with Gasteiger partial charge in [0, 0.05) is 13.1 Å². The van der Waals surface area contributed by atoms with Gasteiger partial charge in [-0.3, -0.25) is 9.47 Å². The van der Waals surface area contributed by atoms with E-state index in [-0.39, 0.29) is 6.10 Å². The Morgan fingerprint density at radius 3 is 2.89 bits per heavy atom. The summed E-state index contributed by atoms with van der Waals surface area (Å²) in [6.45, 7) is 2.16. The molecule has 0 bridgehead atoms. The molecule has 3 heterocycles. The topological polar surface area (TPSA) is 55.5 Å². The highest BCUT2D eigenvalue weighted by Crippen LogP contribution is 2.31. The number of hydrogen-bond donors (Lipinski definition) is 1. The van der Waals surface area contributed by atoms with E-state index >= 15 is 0 Å². The van der Waals surface area contributed by atoms with Gasteiger partial charge in [-0.25, -0.2) is 4.68 Å². The summed E-state index contributed by atoms with van der Waals surface area (Å²) in [5.74, 6) is 1.55. The van der Waals surface area contributed by atoms with Crippen LogP contribution in [0.15, 0.2) is 41.8 Å². The van der Waals surface area contributed by atoms with Crippen LogP contribution in [0, 0.1) is 4.77 Å². The summed E-state index contributed by atoms with van der Waals surface area (Å²) in [4.78, 5) is 3.24. The molecule has 6 nitrogen and oxygen atoms in total. The van der Waals surface area contributed by atoms with Gasteiger partial charge >= 0.3 is 0 Å². The number of methoxy groups -OCH3 is 1. The number of nitrogens with zero attached hydrogens (tertiary/aromatic N) is 4. The maximum absolute atomic E-state index is 9.97. The van der Waals surface area contributed by atoms with Gasteiger partial charge in [-0.2, -0.15) is 0 Å². The molecule has 3 aromatic rings. The molecule has 1 aromatic carbocycles. The minimum Gasteiger partial charge on any atom is -0.495 e. The first-order valence-corrected chi connectivity index (χ1v) is 10.2.